The number of halogens is 1. The first-order valence-corrected chi connectivity index (χ1v) is 13.0. The van der Waals surface area contributed by atoms with E-state index in [0.29, 0.717) is 41.6 Å². The molecular weight excluding hydrogens is 502 g/mol. The highest BCUT2D eigenvalue weighted by Gasteiger charge is 2.55. The van der Waals surface area contributed by atoms with Crippen molar-refractivity contribution in [3.8, 4) is 11.4 Å². The summed E-state index contributed by atoms with van der Waals surface area (Å²) >= 11 is 0. The molecule has 0 spiro atoms. The first-order chi connectivity index (χ1) is 17.4. The second kappa shape index (κ2) is 11.1. The van der Waals surface area contributed by atoms with Gasteiger partial charge in [0.05, 0.1) is 0 Å². The zero-order valence-corrected chi connectivity index (χ0v) is 24.2. The van der Waals surface area contributed by atoms with Gasteiger partial charge in [0, 0.05) is 60.4 Å². The molecule has 8 nitrogen and oxygen atoms in total. The van der Waals surface area contributed by atoms with Crippen molar-refractivity contribution in [2.45, 2.75) is 71.4 Å². The van der Waals surface area contributed by atoms with Gasteiger partial charge in [-0.3, -0.25) is 9.78 Å². The van der Waals surface area contributed by atoms with Gasteiger partial charge in [-0.15, -0.1) is 12.4 Å². The number of nitrogens with one attached hydrogen (secondary N) is 1. The van der Waals surface area contributed by atoms with Gasteiger partial charge in [-0.1, -0.05) is 57.1 Å². The number of hydrogen-bond donors (Lipinski definition) is 2. The topological polar surface area (TPSA) is 104 Å². The minimum atomic E-state index is -1.25. The molecule has 9 heteroatoms. The third-order valence-electron chi connectivity index (χ3n) is 7.38. The molecule has 206 valence electrons. The van der Waals surface area contributed by atoms with Crippen molar-refractivity contribution in [1.29, 1.82) is 0 Å². The van der Waals surface area contributed by atoms with Gasteiger partial charge in [0.2, 0.25) is 17.6 Å². The lowest BCUT2D eigenvalue weighted by atomic mass is 9.62. The van der Waals surface area contributed by atoms with Crippen LogP contribution in [-0.4, -0.2) is 56.7 Å². The Morgan fingerprint density at radius 2 is 1.84 bits per heavy atom. The van der Waals surface area contributed by atoms with Crippen molar-refractivity contribution in [2.24, 2.45) is 5.41 Å². The highest BCUT2D eigenvalue weighted by Crippen LogP contribution is 2.50. The molecule has 4 rings (SSSR count). The number of rotatable bonds is 9. The summed E-state index contributed by atoms with van der Waals surface area (Å²) in [4.78, 5) is 23.1. The Labute approximate surface area is 231 Å². The molecule has 1 aliphatic rings. The molecule has 0 aliphatic carbocycles. The number of likely N-dealkylation sites (tertiary alicyclic amines) is 1. The van der Waals surface area contributed by atoms with Crippen LogP contribution >= 0.6 is 12.4 Å². The first-order valence-electron chi connectivity index (χ1n) is 13.0. The summed E-state index contributed by atoms with van der Waals surface area (Å²) < 4.78 is 5.52. The highest BCUT2D eigenvalue weighted by atomic mass is 35.5. The summed E-state index contributed by atoms with van der Waals surface area (Å²) in [5, 5.41) is 19.6. The number of nitrogens with zero attached hydrogens (tertiary/aromatic N) is 4. The predicted molar refractivity (Wildman–Crippen MR) is 150 cm³/mol. The van der Waals surface area contributed by atoms with Crippen molar-refractivity contribution < 1.29 is 14.4 Å². The SMILES string of the molecule is CCC(=O)NC(C)(C)Cc1nc(-c2cncc([C@@](O)(c3ccc(C(C)C)cc3)C3(C)CN(C)C3)c2)no1.Cl. The number of pyridine rings is 1. The van der Waals surface area contributed by atoms with Gasteiger partial charge in [0.1, 0.15) is 5.60 Å². The Morgan fingerprint density at radius 3 is 2.42 bits per heavy atom. The standard InChI is InChI=1S/C29H39N5O3.ClH/c1-8-24(35)32-27(4,5)14-25-31-26(33-37-25)21-13-23(16-30-15-21)29(36,28(6)17-34(7)18-28)22-11-9-20(10-12-22)19(2)3;/h9-13,15-16,19,36H,8,14,17-18H2,1-7H3,(H,32,35);1H/t29-;/m0./s1. The first kappa shape index (κ1) is 29.7. The molecule has 38 heavy (non-hydrogen) atoms. The third kappa shape index (κ3) is 5.77. The second-order valence-corrected chi connectivity index (χ2v) is 11.7. The van der Waals surface area contributed by atoms with Crippen molar-refractivity contribution in [3.63, 3.8) is 0 Å². The van der Waals surface area contributed by atoms with E-state index in [1.807, 2.05) is 39.0 Å². The van der Waals surface area contributed by atoms with E-state index in [1.165, 1.54) is 5.56 Å². The largest absolute Gasteiger partial charge is 0.380 e. The lowest BCUT2D eigenvalue weighted by Gasteiger charge is -2.55. The summed E-state index contributed by atoms with van der Waals surface area (Å²) in [6.07, 6.45) is 4.22. The van der Waals surface area contributed by atoms with Gasteiger partial charge in [-0.05, 0) is 44.0 Å². The van der Waals surface area contributed by atoms with Gasteiger partial charge < -0.3 is 19.8 Å². The number of amides is 1. The summed E-state index contributed by atoms with van der Waals surface area (Å²) in [7, 11) is 2.06. The molecule has 1 aliphatic heterocycles. The molecule has 1 fully saturated rings. The average molecular weight is 542 g/mol. The molecule has 3 heterocycles. The Kier molecular flexibility index (Phi) is 8.71. The van der Waals surface area contributed by atoms with Gasteiger partial charge in [-0.2, -0.15) is 4.98 Å². The second-order valence-electron chi connectivity index (χ2n) is 11.7. The number of benzene rings is 1. The van der Waals surface area contributed by atoms with E-state index in [-0.39, 0.29) is 18.3 Å². The fourth-order valence-corrected chi connectivity index (χ4v) is 5.44. The summed E-state index contributed by atoms with van der Waals surface area (Å²) in [5.41, 5.74) is 1.25. The fraction of sp³-hybridized carbons (Fsp3) is 0.517. The third-order valence-corrected chi connectivity index (χ3v) is 7.38. The normalized spacial score (nSPS) is 16.9. The Bertz CT molecular complexity index is 1250. The Balaban J connectivity index is 0.00000400. The number of carbonyl (C=O) groups is 1. The van der Waals surface area contributed by atoms with Crippen LogP contribution in [0, 0.1) is 5.41 Å². The van der Waals surface area contributed by atoms with Crippen molar-refractivity contribution in [1.82, 2.24) is 25.3 Å². The van der Waals surface area contributed by atoms with E-state index >= 15 is 0 Å². The molecule has 3 aromatic rings. The minimum Gasteiger partial charge on any atom is -0.380 e. The van der Waals surface area contributed by atoms with Crippen molar-refractivity contribution in [3.05, 3.63) is 65.3 Å². The van der Waals surface area contributed by atoms with E-state index in [0.717, 1.165) is 18.7 Å². The molecule has 0 saturated carbocycles. The quantitative estimate of drug-likeness (QED) is 0.404. The van der Waals surface area contributed by atoms with E-state index in [1.54, 1.807) is 12.4 Å². The number of hydrogen-bond acceptors (Lipinski definition) is 7. The van der Waals surface area contributed by atoms with E-state index < -0.39 is 16.6 Å². The van der Waals surface area contributed by atoms with Crippen LogP contribution in [0.2, 0.25) is 0 Å². The Morgan fingerprint density at radius 1 is 1.18 bits per heavy atom. The maximum atomic E-state index is 12.4. The summed E-state index contributed by atoms with van der Waals surface area (Å²) in [6, 6.07) is 10.2. The predicted octanol–water partition coefficient (Wildman–Crippen LogP) is 4.71. The molecule has 1 saturated heterocycles. The summed E-state index contributed by atoms with van der Waals surface area (Å²) in [6.45, 7) is 13.6. The van der Waals surface area contributed by atoms with Gasteiger partial charge in [0.15, 0.2) is 0 Å². The molecule has 2 aromatic heterocycles. The van der Waals surface area contributed by atoms with Gasteiger partial charge >= 0.3 is 0 Å². The van der Waals surface area contributed by atoms with Crippen LogP contribution in [-0.2, 0) is 16.8 Å². The molecule has 0 bridgehead atoms. The van der Waals surface area contributed by atoms with Crippen LogP contribution in [0.3, 0.4) is 0 Å². The number of carbonyl (C=O) groups excluding carboxylic acids is 1. The van der Waals surface area contributed by atoms with Crippen LogP contribution in [0.1, 0.15) is 76.5 Å². The molecule has 2 N–H and O–H groups in total. The molecule has 0 radical (unpaired) electrons. The van der Waals surface area contributed by atoms with E-state index in [4.69, 9.17) is 4.52 Å². The summed E-state index contributed by atoms with van der Waals surface area (Å²) in [5.74, 6) is 1.20. The lowest BCUT2D eigenvalue weighted by molar-refractivity contribution is -0.127. The van der Waals surface area contributed by atoms with Gasteiger partial charge in [-0.25, -0.2) is 0 Å². The van der Waals surface area contributed by atoms with Crippen molar-refractivity contribution in [2.75, 3.05) is 20.1 Å². The zero-order valence-electron chi connectivity index (χ0n) is 23.4. The van der Waals surface area contributed by atoms with Crippen LogP contribution in [0.5, 0.6) is 0 Å². The average Bonchev–Trinajstić information content (AvgIpc) is 3.30. The lowest BCUT2D eigenvalue weighted by Crippen LogP contribution is -2.63. The highest BCUT2D eigenvalue weighted by molar-refractivity contribution is 5.85. The number of aliphatic hydroxyl groups is 1. The molecular formula is C29H40ClN5O3. The fourth-order valence-electron chi connectivity index (χ4n) is 5.44. The van der Waals surface area contributed by atoms with E-state index in [9.17, 15) is 9.90 Å². The number of aromatic nitrogens is 3. The van der Waals surface area contributed by atoms with Crippen LogP contribution in [0.25, 0.3) is 11.4 Å². The maximum Gasteiger partial charge on any atom is 0.229 e. The van der Waals surface area contributed by atoms with E-state index in [2.05, 4.69) is 65.3 Å². The molecule has 1 aromatic carbocycles. The maximum absolute atomic E-state index is 12.4. The monoisotopic (exact) mass is 541 g/mol. The van der Waals surface area contributed by atoms with Crippen molar-refractivity contribution >= 4 is 18.3 Å². The van der Waals surface area contributed by atoms with Crippen LogP contribution < -0.4 is 5.32 Å². The molecule has 0 unspecified atom stereocenters. The zero-order chi connectivity index (χ0) is 27.0. The van der Waals surface area contributed by atoms with Crippen LogP contribution in [0.4, 0.5) is 0 Å². The molecule has 1 amide bonds. The minimum absolute atomic E-state index is 0. The smallest absolute Gasteiger partial charge is 0.229 e. The van der Waals surface area contributed by atoms with Gasteiger partial charge in [0.25, 0.3) is 0 Å². The molecule has 1 atom stereocenters. The Hall–Kier alpha value is -2.81. The van der Waals surface area contributed by atoms with Crippen LogP contribution in [0.15, 0.2) is 47.2 Å².